The first kappa shape index (κ1) is 13.5. The molecule has 0 saturated carbocycles. The molecular weight excluding hydrogens is 246 g/mol. The summed E-state index contributed by atoms with van der Waals surface area (Å²) in [6.45, 7) is 4.56. The van der Waals surface area contributed by atoms with E-state index in [0.717, 1.165) is 24.5 Å². The third kappa shape index (κ3) is 3.00. The SMILES string of the molecule is CNC[C@H]1CCCN(Cc2cccc3cccnc23)C1. The van der Waals surface area contributed by atoms with Gasteiger partial charge in [0.2, 0.25) is 0 Å². The van der Waals surface area contributed by atoms with E-state index in [0.29, 0.717) is 0 Å². The van der Waals surface area contributed by atoms with Gasteiger partial charge < -0.3 is 5.32 Å². The lowest BCUT2D eigenvalue weighted by Gasteiger charge is -2.32. The van der Waals surface area contributed by atoms with E-state index in [1.165, 1.54) is 36.9 Å². The first-order valence-corrected chi connectivity index (χ1v) is 7.56. The standard InChI is InChI=1S/C17H23N3/c1-18-11-14-5-4-10-20(12-14)13-16-7-2-6-15-8-3-9-19-17(15)16/h2-3,6-9,14,18H,4-5,10-13H2,1H3/t14-/m1/s1. The number of hydrogen-bond donors (Lipinski definition) is 1. The number of hydrogen-bond acceptors (Lipinski definition) is 3. The second kappa shape index (κ2) is 6.33. The summed E-state index contributed by atoms with van der Waals surface area (Å²) in [6.07, 6.45) is 4.56. The van der Waals surface area contributed by atoms with Crippen LogP contribution >= 0.6 is 0 Å². The third-order valence-electron chi connectivity index (χ3n) is 4.21. The van der Waals surface area contributed by atoms with Crippen LogP contribution in [0.3, 0.4) is 0 Å². The number of benzene rings is 1. The number of likely N-dealkylation sites (tertiary alicyclic amines) is 1. The average molecular weight is 269 g/mol. The topological polar surface area (TPSA) is 28.2 Å². The molecule has 1 fully saturated rings. The Morgan fingerprint density at radius 1 is 1.30 bits per heavy atom. The van der Waals surface area contributed by atoms with Crippen LogP contribution in [0.15, 0.2) is 36.5 Å². The molecule has 1 aromatic carbocycles. The van der Waals surface area contributed by atoms with Crippen molar-refractivity contribution in [3.05, 3.63) is 42.1 Å². The van der Waals surface area contributed by atoms with Gasteiger partial charge in [-0.05, 0) is 50.5 Å². The van der Waals surface area contributed by atoms with Crippen LogP contribution in [0.4, 0.5) is 0 Å². The van der Waals surface area contributed by atoms with Gasteiger partial charge in [-0.2, -0.15) is 0 Å². The molecule has 3 heteroatoms. The minimum atomic E-state index is 0.789. The second-order valence-corrected chi connectivity index (χ2v) is 5.79. The zero-order valence-electron chi connectivity index (χ0n) is 12.2. The number of nitrogens with one attached hydrogen (secondary N) is 1. The first-order chi connectivity index (χ1) is 9.86. The summed E-state index contributed by atoms with van der Waals surface area (Å²) in [4.78, 5) is 7.14. The van der Waals surface area contributed by atoms with Crippen LogP contribution < -0.4 is 5.32 Å². The molecule has 3 rings (SSSR count). The predicted octanol–water partition coefficient (Wildman–Crippen LogP) is 2.67. The van der Waals surface area contributed by atoms with Gasteiger partial charge in [-0.15, -0.1) is 0 Å². The molecule has 1 N–H and O–H groups in total. The van der Waals surface area contributed by atoms with Crippen molar-refractivity contribution in [2.45, 2.75) is 19.4 Å². The summed E-state index contributed by atoms with van der Waals surface area (Å²) in [5, 5.41) is 4.56. The molecule has 2 heterocycles. The van der Waals surface area contributed by atoms with Crippen molar-refractivity contribution in [2.24, 2.45) is 5.92 Å². The predicted molar refractivity (Wildman–Crippen MR) is 83.7 cm³/mol. The Bertz CT molecular complexity index is 560. The Kier molecular flexibility index (Phi) is 4.28. The fraction of sp³-hybridized carbons (Fsp3) is 0.471. The zero-order chi connectivity index (χ0) is 13.8. The average Bonchev–Trinajstić information content (AvgIpc) is 2.48. The van der Waals surface area contributed by atoms with Crippen LogP contribution in [-0.2, 0) is 6.54 Å². The third-order valence-corrected chi connectivity index (χ3v) is 4.21. The fourth-order valence-electron chi connectivity index (χ4n) is 3.29. The number of fused-ring (bicyclic) bond motifs is 1. The Morgan fingerprint density at radius 3 is 3.10 bits per heavy atom. The van der Waals surface area contributed by atoms with Gasteiger partial charge in [-0.3, -0.25) is 9.88 Å². The lowest BCUT2D eigenvalue weighted by Crippen LogP contribution is -2.38. The molecule has 2 aromatic rings. The molecule has 106 valence electrons. The van der Waals surface area contributed by atoms with Crippen molar-refractivity contribution >= 4 is 10.9 Å². The van der Waals surface area contributed by atoms with Crippen LogP contribution in [0.2, 0.25) is 0 Å². The molecule has 1 aliphatic rings. The van der Waals surface area contributed by atoms with E-state index in [2.05, 4.69) is 39.5 Å². The molecule has 0 amide bonds. The Balaban J connectivity index is 1.76. The molecule has 0 bridgehead atoms. The van der Waals surface area contributed by atoms with E-state index in [4.69, 9.17) is 0 Å². The molecule has 1 aliphatic heterocycles. The molecule has 0 unspecified atom stereocenters. The quantitative estimate of drug-likeness (QED) is 0.925. The van der Waals surface area contributed by atoms with E-state index < -0.39 is 0 Å². The highest BCUT2D eigenvalue weighted by Gasteiger charge is 2.19. The maximum Gasteiger partial charge on any atom is 0.0746 e. The number of rotatable bonds is 4. The van der Waals surface area contributed by atoms with E-state index in [1.807, 2.05) is 19.3 Å². The van der Waals surface area contributed by atoms with Crippen LogP contribution in [0.5, 0.6) is 0 Å². The van der Waals surface area contributed by atoms with Crippen molar-refractivity contribution in [2.75, 3.05) is 26.7 Å². The summed E-state index contributed by atoms with van der Waals surface area (Å²) in [5.74, 6) is 0.789. The molecule has 3 nitrogen and oxygen atoms in total. The van der Waals surface area contributed by atoms with Gasteiger partial charge in [0.25, 0.3) is 0 Å². The lowest BCUT2D eigenvalue weighted by atomic mass is 9.97. The number of aromatic nitrogens is 1. The van der Waals surface area contributed by atoms with Gasteiger partial charge in [0, 0.05) is 24.7 Å². The smallest absolute Gasteiger partial charge is 0.0746 e. The van der Waals surface area contributed by atoms with Crippen molar-refractivity contribution < 1.29 is 0 Å². The van der Waals surface area contributed by atoms with Crippen LogP contribution in [0, 0.1) is 5.92 Å². The number of nitrogens with zero attached hydrogens (tertiary/aromatic N) is 2. The summed E-state index contributed by atoms with van der Waals surface area (Å²) < 4.78 is 0. The van der Waals surface area contributed by atoms with Gasteiger partial charge in [0.15, 0.2) is 0 Å². The van der Waals surface area contributed by atoms with Gasteiger partial charge >= 0.3 is 0 Å². The number of pyridine rings is 1. The van der Waals surface area contributed by atoms with E-state index in [9.17, 15) is 0 Å². The second-order valence-electron chi connectivity index (χ2n) is 5.79. The van der Waals surface area contributed by atoms with Crippen molar-refractivity contribution in [3.8, 4) is 0 Å². The molecule has 1 saturated heterocycles. The summed E-state index contributed by atoms with van der Waals surface area (Å²) in [5.41, 5.74) is 2.51. The molecule has 0 aliphatic carbocycles. The van der Waals surface area contributed by atoms with Gasteiger partial charge in [-0.25, -0.2) is 0 Å². The minimum absolute atomic E-state index is 0.789. The highest BCUT2D eigenvalue weighted by molar-refractivity contribution is 5.81. The molecular formula is C17H23N3. The molecule has 0 spiro atoms. The molecule has 20 heavy (non-hydrogen) atoms. The molecule has 1 aromatic heterocycles. The maximum atomic E-state index is 4.56. The summed E-state index contributed by atoms with van der Waals surface area (Å²) in [7, 11) is 2.05. The van der Waals surface area contributed by atoms with E-state index in [-0.39, 0.29) is 0 Å². The largest absolute Gasteiger partial charge is 0.319 e. The van der Waals surface area contributed by atoms with Crippen molar-refractivity contribution in [1.82, 2.24) is 15.2 Å². The Labute approximate surface area is 121 Å². The number of piperidine rings is 1. The first-order valence-electron chi connectivity index (χ1n) is 7.56. The van der Waals surface area contributed by atoms with Gasteiger partial charge in [0.05, 0.1) is 5.52 Å². The van der Waals surface area contributed by atoms with Gasteiger partial charge in [0.1, 0.15) is 0 Å². The monoisotopic (exact) mass is 269 g/mol. The molecule has 1 atom stereocenters. The Hall–Kier alpha value is -1.45. The molecule has 0 radical (unpaired) electrons. The highest BCUT2D eigenvalue weighted by atomic mass is 15.1. The normalized spacial score (nSPS) is 20.4. The van der Waals surface area contributed by atoms with E-state index in [1.54, 1.807) is 0 Å². The van der Waals surface area contributed by atoms with Crippen molar-refractivity contribution in [3.63, 3.8) is 0 Å². The van der Waals surface area contributed by atoms with Crippen LogP contribution in [0.1, 0.15) is 18.4 Å². The zero-order valence-corrected chi connectivity index (χ0v) is 12.2. The van der Waals surface area contributed by atoms with Crippen LogP contribution in [-0.4, -0.2) is 36.6 Å². The number of para-hydroxylation sites is 1. The maximum absolute atomic E-state index is 4.56. The van der Waals surface area contributed by atoms with Gasteiger partial charge in [-0.1, -0.05) is 24.3 Å². The Morgan fingerprint density at radius 2 is 2.20 bits per heavy atom. The summed E-state index contributed by atoms with van der Waals surface area (Å²) in [6, 6.07) is 10.7. The highest BCUT2D eigenvalue weighted by Crippen LogP contribution is 2.21. The fourth-order valence-corrected chi connectivity index (χ4v) is 3.29. The van der Waals surface area contributed by atoms with Crippen LogP contribution in [0.25, 0.3) is 10.9 Å². The lowest BCUT2D eigenvalue weighted by molar-refractivity contribution is 0.167. The minimum Gasteiger partial charge on any atom is -0.319 e. The van der Waals surface area contributed by atoms with E-state index >= 15 is 0 Å². The summed E-state index contributed by atoms with van der Waals surface area (Å²) >= 11 is 0. The van der Waals surface area contributed by atoms with Crippen molar-refractivity contribution in [1.29, 1.82) is 0 Å².